The molecule has 1 aromatic rings. The van der Waals surface area contributed by atoms with Crippen LogP contribution in [0.3, 0.4) is 0 Å². The highest BCUT2D eigenvalue weighted by molar-refractivity contribution is 5.57. The van der Waals surface area contributed by atoms with E-state index in [-0.39, 0.29) is 5.56 Å². The third kappa shape index (κ3) is 3.19. The van der Waals surface area contributed by atoms with Crippen LogP contribution in [0.4, 0.5) is 13.2 Å². The Bertz CT molecular complexity index is 378. The van der Waals surface area contributed by atoms with Gasteiger partial charge in [0.15, 0.2) is 5.83 Å². The molecule has 0 spiro atoms. The van der Waals surface area contributed by atoms with Crippen LogP contribution in [-0.2, 0) is 6.42 Å². The predicted octanol–water partition coefficient (Wildman–Crippen LogP) is 3.13. The minimum absolute atomic E-state index is 0.306. The SMILES string of the molecule is CC=CCc1ncc(C(F)=C(F)F)cn1. The molecular weight excluding hydrogens is 205 g/mol. The number of hydrogen-bond acceptors (Lipinski definition) is 2. The molecule has 5 heteroatoms. The van der Waals surface area contributed by atoms with Crippen molar-refractivity contribution in [3.8, 4) is 0 Å². The molecule has 0 unspecified atom stereocenters. The number of halogens is 3. The molecule has 1 rings (SSSR count). The molecule has 15 heavy (non-hydrogen) atoms. The van der Waals surface area contributed by atoms with E-state index in [9.17, 15) is 13.2 Å². The summed E-state index contributed by atoms with van der Waals surface area (Å²) in [6, 6.07) is 0. The molecule has 1 heterocycles. The Hall–Kier alpha value is -1.65. The normalized spacial score (nSPS) is 10.7. The fourth-order valence-corrected chi connectivity index (χ4v) is 0.906. The van der Waals surface area contributed by atoms with E-state index in [1.165, 1.54) is 0 Å². The number of aromatic nitrogens is 2. The standard InChI is InChI=1S/C10H9F3N2/c1-2-3-4-8-14-5-7(6-15-8)9(11)10(12)13/h2-3,5-6H,4H2,1H3. The Morgan fingerprint density at radius 2 is 1.87 bits per heavy atom. The molecule has 0 atom stereocenters. The first-order valence-corrected chi connectivity index (χ1v) is 4.28. The van der Waals surface area contributed by atoms with Crippen molar-refractivity contribution in [3.63, 3.8) is 0 Å². The largest absolute Gasteiger partial charge is 0.306 e. The van der Waals surface area contributed by atoms with Crippen molar-refractivity contribution in [3.05, 3.63) is 42.0 Å². The van der Waals surface area contributed by atoms with Crippen LogP contribution in [0.25, 0.3) is 5.83 Å². The summed E-state index contributed by atoms with van der Waals surface area (Å²) < 4.78 is 36.4. The fourth-order valence-electron chi connectivity index (χ4n) is 0.906. The minimum atomic E-state index is -2.36. The number of rotatable bonds is 3. The van der Waals surface area contributed by atoms with Gasteiger partial charge in [0, 0.05) is 18.8 Å². The van der Waals surface area contributed by atoms with Crippen LogP contribution in [0.5, 0.6) is 0 Å². The zero-order valence-corrected chi connectivity index (χ0v) is 8.04. The van der Waals surface area contributed by atoms with Gasteiger partial charge in [-0.3, -0.25) is 0 Å². The van der Waals surface area contributed by atoms with E-state index in [0.29, 0.717) is 12.2 Å². The van der Waals surface area contributed by atoms with Crippen LogP contribution >= 0.6 is 0 Å². The van der Waals surface area contributed by atoms with Crippen molar-refractivity contribution < 1.29 is 13.2 Å². The van der Waals surface area contributed by atoms with Gasteiger partial charge in [-0.1, -0.05) is 12.2 Å². The second-order valence-electron chi connectivity index (χ2n) is 2.74. The van der Waals surface area contributed by atoms with Gasteiger partial charge >= 0.3 is 6.08 Å². The highest BCUT2D eigenvalue weighted by Crippen LogP contribution is 2.20. The molecular formula is C10H9F3N2. The first-order chi connectivity index (χ1) is 7.15. The van der Waals surface area contributed by atoms with Gasteiger partial charge in [-0.15, -0.1) is 0 Å². The third-order valence-electron chi connectivity index (χ3n) is 1.66. The highest BCUT2D eigenvalue weighted by Gasteiger charge is 2.08. The van der Waals surface area contributed by atoms with Crippen LogP contribution in [0, 0.1) is 0 Å². The Morgan fingerprint density at radius 1 is 1.27 bits per heavy atom. The van der Waals surface area contributed by atoms with Gasteiger partial charge in [0.25, 0.3) is 0 Å². The first kappa shape index (κ1) is 11.4. The molecule has 80 valence electrons. The van der Waals surface area contributed by atoms with Crippen molar-refractivity contribution in [1.82, 2.24) is 9.97 Å². The Labute approximate surface area is 85.2 Å². The van der Waals surface area contributed by atoms with Crippen molar-refractivity contribution in [1.29, 1.82) is 0 Å². The molecule has 0 aliphatic rings. The average molecular weight is 214 g/mol. The molecule has 0 N–H and O–H groups in total. The highest BCUT2D eigenvalue weighted by atomic mass is 19.3. The van der Waals surface area contributed by atoms with Gasteiger partial charge in [-0.25, -0.2) is 14.4 Å². The summed E-state index contributed by atoms with van der Waals surface area (Å²) in [6.45, 7) is 1.84. The Kier molecular flexibility index (Phi) is 4.03. The van der Waals surface area contributed by atoms with Crippen molar-refractivity contribution in [2.24, 2.45) is 0 Å². The fraction of sp³-hybridized carbons (Fsp3) is 0.200. The summed E-state index contributed by atoms with van der Waals surface area (Å²) >= 11 is 0. The van der Waals surface area contributed by atoms with E-state index in [4.69, 9.17) is 0 Å². The van der Waals surface area contributed by atoms with Crippen LogP contribution < -0.4 is 0 Å². The maximum absolute atomic E-state index is 12.7. The molecule has 0 radical (unpaired) electrons. The van der Waals surface area contributed by atoms with Crippen molar-refractivity contribution in [2.45, 2.75) is 13.3 Å². The van der Waals surface area contributed by atoms with Crippen LogP contribution in [-0.4, -0.2) is 9.97 Å². The summed E-state index contributed by atoms with van der Waals surface area (Å²) in [6.07, 6.45) is 3.86. The van der Waals surface area contributed by atoms with Gasteiger partial charge in [-0.2, -0.15) is 8.78 Å². The minimum Gasteiger partial charge on any atom is -0.240 e. The number of hydrogen-bond donors (Lipinski definition) is 0. The summed E-state index contributed by atoms with van der Waals surface area (Å²) in [4.78, 5) is 7.50. The lowest BCUT2D eigenvalue weighted by atomic mass is 10.3. The zero-order valence-electron chi connectivity index (χ0n) is 8.04. The smallest absolute Gasteiger partial charge is 0.240 e. The van der Waals surface area contributed by atoms with E-state index in [2.05, 4.69) is 9.97 Å². The van der Waals surface area contributed by atoms with E-state index in [1.807, 2.05) is 19.1 Å². The topological polar surface area (TPSA) is 25.8 Å². The molecule has 0 amide bonds. The van der Waals surface area contributed by atoms with Gasteiger partial charge in [0.1, 0.15) is 5.82 Å². The summed E-state index contributed by atoms with van der Waals surface area (Å²) in [5, 5.41) is 0. The van der Waals surface area contributed by atoms with Crippen molar-refractivity contribution >= 4 is 5.83 Å². The molecule has 0 saturated carbocycles. The van der Waals surface area contributed by atoms with Crippen molar-refractivity contribution in [2.75, 3.05) is 0 Å². The quantitative estimate of drug-likeness (QED) is 0.722. The summed E-state index contributed by atoms with van der Waals surface area (Å²) in [5.74, 6) is -1.11. The molecule has 1 aromatic heterocycles. The average Bonchev–Trinajstić information content (AvgIpc) is 2.26. The lowest BCUT2D eigenvalue weighted by Gasteiger charge is -1.97. The molecule has 0 aliphatic carbocycles. The summed E-state index contributed by atoms with van der Waals surface area (Å²) in [7, 11) is 0. The first-order valence-electron chi connectivity index (χ1n) is 4.28. The van der Waals surface area contributed by atoms with Crippen LogP contribution in [0.15, 0.2) is 30.6 Å². The summed E-state index contributed by atoms with van der Waals surface area (Å²) in [5.41, 5.74) is -0.306. The molecule has 0 aliphatic heterocycles. The van der Waals surface area contributed by atoms with E-state index >= 15 is 0 Å². The number of allylic oxidation sites excluding steroid dienone is 2. The van der Waals surface area contributed by atoms with Crippen LogP contribution in [0.1, 0.15) is 18.3 Å². The number of nitrogens with zero attached hydrogens (tertiary/aromatic N) is 2. The molecule has 0 fully saturated rings. The second-order valence-corrected chi connectivity index (χ2v) is 2.74. The maximum Gasteiger partial charge on any atom is 0.306 e. The molecule has 0 saturated heterocycles. The van der Waals surface area contributed by atoms with Crippen LogP contribution in [0.2, 0.25) is 0 Å². The van der Waals surface area contributed by atoms with E-state index < -0.39 is 11.9 Å². The third-order valence-corrected chi connectivity index (χ3v) is 1.66. The predicted molar refractivity (Wildman–Crippen MR) is 50.8 cm³/mol. The molecule has 0 bridgehead atoms. The lowest BCUT2D eigenvalue weighted by Crippen LogP contribution is -1.94. The Morgan fingerprint density at radius 3 is 2.33 bits per heavy atom. The molecule has 2 nitrogen and oxygen atoms in total. The molecule has 0 aromatic carbocycles. The van der Waals surface area contributed by atoms with Gasteiger partial charge in [0.2, 0.25) is 0 Å². The Balaban J connectivity index is 2.86. The maximum atomic E-state index is 12.7. The lowest BCUT2D eigenvalue weighted by molar-refractivity contribution is 0.410. The van der Waals surface area contributed by atoms with E-state index in [1.54, 1.807) is 0 Å². The zero-order chi connectivity index (χ0) is 11.3. The van der Waals surface area contributed by atoms with Gasteiger partial charge in [0.05, 0.1) is 5.56 Å². The second kappa shape index (κ2) is 5.29. The monoisotopic (exact) mass is 214 g/mol. The van der Waals surface area contributed by atoms with Gasteiger partial charge < -0.3 is 0 Å². The van der Waals surface area contributed by atoms with E-state index in [0.717, 1.165) is 12.4 Å². The van der Waals surface area contributed by atoms with Gasteiger partial charge in [-0.05, 0) is 6.92 Å².